The average molecular weight is 319 g/mol. The molecule has 4 heteroatoms. The molecule has 24 heavy (non-hydrogen) atoms. The van der Waals surface area contributed by atoms with E-state index in [1.54, 1.807) is 25.3 Å². The Morgan fingerprint density at radius 3 is 2.54 bits per heavy atom. The predicted octanol–water partition coefficient (Wildman–Crippen LogP) is 4.61. The van der Waals surface area contributed by atoms with Gasteiger partial charge in [-0.15, -0.1) is 0 Å². The molecule has 0 fully saturated rings. The third-order valence-corrected chi connectivity index (χ3v) is 3.45. The molecule has 1 amide bonds. The average Bonchev–Trinajstić information content (AvgIpc) is 3.10. The summed E-state index contributed by atoms with van der Waals surface area (Å²) in [6.45, 7) is 0. The van der Waals surface area contributed by atoms with Gasteiger partial charge in [-0.25, -0.2) is 0 Å². The summed E-state index contributed by atoms with van der Waals surface area (Å²) in [7, 11) is 1.56. The second-order valence-electron chi connectivity index (χ2n) is 5.09. The summed E-state index contributed by atoms with van der Waals surface area (Å²) in [5.74, 6) is 1.74. The van der Waals surface area contributed by atoms with Crippen LogP contribution in [0.4, 0.5) is 5.69 Å². The Morgan fingerprint density at radius 2 is 1.75 bits per heavy atom. The largest absolute Gasteiger partial charge is 0.495 e. The summed E-state index contributed by atoms with van der Waals surface area (Å²) in [5.41, 5.74) is 1.62. The summed E-state index contributed by atoms with van der Waals surface area (Å²) in [6, 6.07) is 20.8. The first kappa shape index (κ1) is 15.6. The number of nitrogens with one attached hydrogen (secondary N) is 1. The molecule has 3 rings (SSSR count). The van der Waals surface area contributed by atoms with E-state index in [1.165, 1.54) is 6.08 Å². The molecule has 0 saturated carbocycles. The smallest absolute Gasteiger partial charge is 0.248 e. The van der Waals surface area contributed by atoms with Gasteiger partial charge in [-0.05, 0) is 30.3 Å². The number of ether oxygens (including phenoxy) is 1. The minimum Gasteiger partial charge on any atom is -0.495 e. The summed E-state index contributed by atoms with van der Waals surface area (Å²) in [6.07, 6.45) is 3.07. The zero-order valence-electron chi connectivity index (χ0n) is 13.2. The molecular formula is C20H17NO3. The van der Waals surface area contributed by atoms with Crippen LogP contribution in [0, 0.1) is 0 Å². The molecule has 2 aromatic carbocycles. The van der Waals surface area contributed by atoms with Crippen LogP contribution in [0.1, 0.15) is 5.76 Å². The number of methoxy groups -OCH3 is 1. The second kappa shape index (κ2) is 7.33. The Morgan fingerprint density at radius 1 is 1.00 bits per heavy atom. The second-order valence-corrected chi connectivity index (χ2v) is 5.09. The number of furan rings is 1. The lowest BCUT2D eigenvalue weighted by Gasteiger charge is -2.07. The van der Waals surface area contributed by atoms with E-state index in [1.807, 2.05) is 54.6 Å². The maximum absolute atomic E-state index is 12.0. The maximum atomic E-state index is 12.0. The van der Waals surface area contributed by atoms with Crippen molar-refractivity contribution in [2.24, 2.45) is 0 Å². The molecule has 4 nitrogen and oxygen atoms in total. The zero-order chi connectivity index (χ0) is 16.8. The number of anilines is 1. The van der Waals surface area contributed by atoms with E-state index in [2.05, 4.69) is 5.32 Å². The molecule has 1 aromatic heterocycles. The minimum absolute atomic E-state index is 0.253. The van der Waals surface area contributed by atoms with Gasteiger partial charge in [0.25, 0.3) is 0 Å². The van der Waals surface area contributed by atoms with Gasteiger partial charge in [0.2, 0.25) is 5.91 Å². The van der Waals surface area contributed by atoms with Crippen LogP contribution in [0.15, 0.2) is 77.2 Å². The van der Waals surface area contributed by atoms with E-state index < -0.39 is 0 Å². The van der Waals surface area contributed by atoms with Gasteiger partial charge in [-0.2, -0.15) is 0 Å². The van der Waals surface area contributed by atoms with Gasteiger partial charge in [0.05, 0.1) is 12.8 Å². The molecule has 0 spiro atoms. The number of rotatable bonds is 5. The normalized spacial score (nSPS) is 10.7. The van der Waals surface area contributed by atoms with Crippen molar-refractivity contribution in [3.05, 3.63) is 78.6 Å². The van der Waals surface area contributed by atoms with Crippen LogP contribution in [0.3, 0.4) is 0 Å². The van der Waals surface area contributed by atoms with Crippen LogP contribution >= 0.6 is 0 Å². The van der Waals surface area contributed by atoms with Crippen LogP contribution in [0.25, 0.3) is 17.4 Å². The molecule has 0 unspecified atom stereocenters. The molecule has 1 N–H and O–H groups in total. The topological polar surface area (TPSA) is 51.5 Å². The van der Waals surface area contributed by atoms with Crippen molar-refractivity contribution < 1.29 is 13.9 Å². The SMILES string of the molecule is COc1ccccc1NC(=O)C=Cc1ccc(-c2ccccc2)o1. The van der Waals surface area contributed by atoms with Crippen molar-refractivity contribution in [1.82, 2.24) is 0 Å². The van der Waals surface area contributed by atoms with Crippen LogP contribution in [-0.2, 0) is 4.79 Å². The fraction of sp³-hybridized carbons (Fsp3) is 0.0500. The van der Waals surface area contributed by atoms with Gasteiger partial charge >= 0.3 is 0 Å². The summed E-state index contributed by atoms with van der Waals surface area (Å²) >= 11 is 0. The predicted molar refractivity (Wildman–Crippen MR) is 94.8 cm³/mol. The van der Waals surface area contributed by atoms with Crippen molar-refractivity contribution in [2.75, 3.05) is 12.4 Å². The van der Waals surface area contributed by atoms with Crippen LogP contribution in [0.5, 0.6) is 5.75 Å². The molecule has 0 atom stereocenters. The number of para-hydroxylation sites is 2. The highest BCUT2D eigenvalue weighted by molar-refractivity contribution is 6.02. The van der Waals surface area contributed by atoms with E-state index in [9.17, 15) is 4.79 Å². The van der Waals surface area contributed by atoms with E-state index >= 15 is 0 Å². The molecule has 0 aliphatic heterocycles. The van der Waals surface area contributed by atoms with E-state index in [4.69, 9.17) is 9.15 Å². The fourth-order valence-corrected chi connectivity index (χ4v) is 2.28. The number of carbonyl (C=O) groups excluding carboxylic acids is 1. The van der Waals surface area contributed by atoms with E-state index in [0.717, 1.165) is 11.3 Å². The highest BCUT2D eigenvalue weighted by Crippen LogP contribution is 2.24. The van der Waals surface area contributed by atoms with Gasteiger partial charge in [0, 0.05) is 11.6 Å². The monoisotopic (exact) mass is 319 g/mol. The first-order valence-electron chi connectivity index (χ1n) is 7.53. The summed E-state index contributed by atoms with van der Waals surface area (Å²) in [4.78, 5) is 12.0. The Kier molecular flexibility index (Phi) is 4.77. The third kappa shape index (κ3) is 3.73. The van der Waals surface area contributed by atoms with Gasteiger partial charge < -0.3 is 14.5 Å². The van der Waals surface area contributed by atoms with Gasteiger partial charge in [0.15, 0.2) is 0 Å². The highest BCUT2D eigenvalue weighted by atomic mass is 16.5. The molecule has 0 bridgehead atoms. The van der Waals surface area contributed by atoms with Gasteiger partial charge in [0.1, 0.15) is 17.3 Å². The first-order chi connectivity index (χ1) is 11.8. The molecule has 0 aliphatic rings. The van der Waals surface area contributed by atoms with Crippen molar-refractivity contribution in [3.63, 3.8) is 0 Å². The lowest BCUT2D eigenvalue weighted by atomic mass is 10.2. The maximum Gasteiger partial charge on any atom is 0.248 e. The van der Waals surface area contributed by atoms with E-state index in [0.29, 0.717) is 17.2 Å². The Labute approximate surface area is 140 Å². The standard InChI is InChI=1S/C20H17NO3/c1-23-19-10-6-5-9-17(19)21-20(22)14-12-16-11-13-18(24-16)15-7-3-2-4-8-15/h2-14H,1H3,(H,21,22). The molecule has 0 radical (unpaired) electrons. The van der Waals surface area contributed by atoms with Gasteiger partial charge in [-0.1, -0.05) is 42.5 Å². The van der Waals surface area contributed by atoms with Crippen molar-refractivity contribution in [3.8, 4) is 17.1 Å². The summed E-state index contributed by atoms with van der Waals surface area (Å²) in [5, 5.41) is 2.78. The molecular weight excluding hydrogens is 302 g/mol. The Bertz CT molecular complexity index is 850. The van der Waals surface area contributed by atoms with E-state index in [-0.39, 0.29) is 5.91 Å². The number of benzene rings is 2. The zero-order valence-corrected chi connectivity index (χ0v) is 13.2. The minimum atomic E-state index is -0.253. The fourth-order valence-electron chi connectivity index (χ4n) is 2.28. The highest BCUT2D eigenvalue weighted by Gasteiger charge is 2.05. The number of hydrogen-bond acceptors (Lipinski definition) is 3. The quantitative estimate of drug-likeness (QED) is 0.699. The molecule has 0 saturated heterocycles. The molecule has 1 heterocycles. The van der Waals surface area contributed by atoms with Crippen LogP contribution in [-0.4, -0.2) is 13.0 Å². The molecule has 120 valence electrons. The van der Waals surface area contributed by atoms with Gasteiger partial charge in [-0.3, -0.25) is 4.79 Å². The Balaban J connectivity index is 1.68. The number of amides is 1. The van der Waals surface area contributed by atoms with Crippen molar-refractivity contribution >= 4 is 17.7 Å². The third-order valence-electron chi connectivity index (χ3n) is 3.45. The van der Waals surface area contributed by atoms with Crippen LogP contribution in [0.2, 0.25) is 0 Å². The summed E-state index contributed by atoms with van der Waals surface area (Å²) < 4.78 is 10.9. The number of hydrogen-bond donors (Lipinski definition) is 1. The lowest BCUT2D eigenvalue weighted by Crippen LogP contribution is -2.08. The lowest BCUT2D eigenvalue weighted by molar-refractivity contribution is -0.111. The van der Waals surface area contributed by atoms with Crippen molar-refractivity contribution in [2.45, 2.75) is 0 Å². The van der Waals surface area contributed by atoms with Crippen molar-refractivity contribution in [1.29, 1.82) is 0 Å². The number of carbonyl (C=O) groups is 1. The molecule has 3 aromatic rings. The first-order valence-corrected chi connectivity index (χ1v) is 7.53. The van der Waals surface area contributed by atoms with Crippen LogP contribution < -0.4 is 10.1 Å². The Hall–Kier alpha value is -3.27. The molecule has 0 aliphatic carbocycles.